The highest BCUT2D eigenvalue weighted by atomic mass is 16.7. The van der Waals surface area contributed by atoms with Crippen LogP contribution in [0.4, 0.5) is 0 Å². The quantitative estimate of drug-likeness (QED) is 0.0205. The molecule has 2 saturated heterocycles. The summed E-state index contributed by atoms with van der Waals surface area (Å²) in [7, 11) is 0. The van der Waals surface area contributed by atoms with Crippen LogP contribution in [0.3, 0.4) is 0 Å². The monoisotopic (exact) mass is 1040 g/mol. The minimum Gasteiger partial charge on any atom is -0.394 e. The molecule has 0 aromatic rings. The van der Waals surface area contributed by atoms with Gasteiger partial charge < -0.3 is 65.1 Å². The summed E-state index contributed by atoms with van der Waals surface area (Å²) in [6, 6.07) is -0.937. The van der Waals surface area contributed by atoms with Gasteiger partial charge in [-0.15, -0.1) is 0 Å². The molecule has 0 bridgehead atoms. The summed E-state index contributed by atoms with van der Waals surface area (Å²) in [5.41, 5.74) is 0. The van der Waals surface area contributed by atoms with E-state index in [2.05, 4.69) is 55.6 Å². The van der Waals surface area contributed by atoms with Gasteiger partial charge in [-0.3, -0.25) is 4.79 Å². The number of hydrogen-bond donors (Lipinski definition) is 9. The van der Waals surface area contributed by atoms with Crippen LogP contribution in [0.25, 0.3) is 0 Å². The zero-order valence-corrected chi connectivity index (χ0v) is 45.6. The maximum Gasteiger partial charge on any atom is 0.220 e. The van der Waals surface area contributed by atoms with Gasteiger partial charge in [-0.05, 0) is 70.6 Å². The fourth-order valence-corrected chi connectivity index (χ4v) is 9.44. The van der Waals surface area contributed by atoms with Crippen molar-refractivity contribution in [3.05, 3.63) is 48.6 Å². The molecule has 14 nitrogen and oxygen atoms in total. The fraction of sp³-hybridized carbons (Fsp3) is 0.847. The Balaban J connectivity index is 1.75. The molecule has 0 radical (unpaired) electrons. The molecule has 0 spiro atoms. The first-order chi connectivity index (χ1) is 35.6. The van der Waals surface area contributed by atoms with Gasteiger partial charge >= 0.3 is 0 Å². The third-order valence-electron chi connectivity index (χ3n) is 14.2. The first-order valence-electron chi connectivity index (χ1n) is 29.4. The second-order valence-corrected chi connectivity index (χ2v) is 20.7. The van der Waals surface area contributed by atoms with Gasteiger partial charge in [-0.25, -0.2) is 0 Å². The van der Waals surface area contributed by atoms with E-state index < -0.39 is 86.8 Å². The normalized spacial score (nSPS) is 25.7. The van der Waals surface area contributed by atoms with Crippen molar-refractivity contribution < 1.29 is 64.6 Å². The Bertz CT molecular complexity index is 1410. The maximum absolute atomic E-state index is 13.2. The Morgan fingerprint density at radius 2 is 0.877 bits per heavy atom. The van der Waals surface area contributed by atoms with Crippen molar-refractivity contribution in [3.8, 4) is 0 Å². The van der Waals surface area contributed by atoms with Gasteiger partial charge in [0.05, 0.1) is 32.0 Å². The Kier molecular flexibility index (Phi) is 41.4. The lowest BCUT2D eigenvalue weighted by Gasteiger charge is -2.46. The number of nitrogens with one attached hydrogen (secondary N) is 1. The van der Waals surface area contributed by atoms with Crippen molar-refractivity contribution >= 4 is 5.91 Å². The summed E-state index contributed by atoms with van der Waals surface area (Å²) in [5, 5.41) is 86.9. The highest BCUT2D eigenvalue weighted by molar-refractivity contribution is 5.76. The van der Waals surface area contributed by atoms with E-state index in [1.165, 1.54) is 148 Å². The molecule has 2 heterocycles. The Morgan fingerprint density at radius 3 is 1.36 bits per heavy atom. The van der Waals surface area contributed by atoms with Crippen LogP contribution in [0, 0.1) is 0 Å². The van der Waals surface area contributed by atoms with Crippen LogP contribution in [0.1, 0.15) is 226 Å². The molecule has 426 valence electrons. The third-order valence-corrected chi connectivity index (χ3v) is 14.2. The highest BCUT2D eigenvalue weighted by Gasteiger charge is 2.51. The smallest absolute Gasteiger partial charge is 0.220 e. The lowest BCUT2D eigenvalue weighted by Crippen LogP contribution is -2.65. The summed E-state index contributed by atoms with van der Waals surface area (Å²) in [6.07, 6.45) is 38.7. The van der Waals surface area contributed by atoms with Gasteiger partial charge in [-0.2, -0.15) is 0 Å². The van der Waals surface area contributed by atoms with Crippen molar-refractivity contribution in [2.24, 2.45) is 0 Å². The van der Waals surface area contributed by atoms with E-state index in [4.69, 9.17) is 18.9 Å². The molecule has 0 aliphatic carbocycles. The standard InChI is InChI=1S/C59H107NO13/c1-3-5-7-9-11-13-15-17-19-20-21-22-23-24-25-26-27-28-29-31-33-35-37-39-41-43-51(64)60-47(48(63)42-40-38-36-34-32-30-18-16-14-12-10-8-6-4-2)46-70-58-56(69)54(67)57(50(45-62)72-58)73-59-55(68)53(66)52(65)49(44-61)71-59/h14,16,20-21,32,34,40,42,47-50,52-59,61-63,65-69H,3-13,15,17-19,22-31,33,35-39,41,43-46H2,1-2H3,(H,60,64)/b16-14+,21-20-,34-32+,42-40+. The maximum atomic E-state index is 13.2. The van der Waals surface area contributed by atoms with E-state index in [1.807, 2.05) is 6.08 Å². The van der Waals surface area contributed by atoms with Crippen LogP contribution in [0.5, 0.6) is 0 Å². The van der Waals surface area contributed by atoms with Gasteiger partial charge in [0.15, 0.2) is 12.6 Å². The van der Waals surface area contributed by atoms with Gasteiger partial charge in [0.1, 0.15) is 48.8 Å². The number of ether oxygens (including phenoxy) is 4. The van der Waals surface area contributed by atoms with Crippen LogP contribution in [-0.4, -0.2) is 140 Å². The SMILES string of the molecule is CCCCCC/C=C/CC/C=C/CC/C=C/C(O)C(COC1OC(CO)C(OC2OC(CO)C(O)C(O)C2O)C(O)C1O)NC(=O)CCCCCCCCCCCCCCC/C=C\CCCCCCCCCC. The third kappa shape index (κ3) is 31.1. The van der Waals surface area contributed by atoms with Crippen molar-refractivity contribution in [2.45, 2.75) is 299 Å². The number of amides is 1. The molecule has 14 heteroatoms. The van der Waals surface area contributed by atoms with Gasteiger partial charge in [0, 0.05) is 6.42 Å². The molecule has 2 rings (SSSR count). The van der Waals surface area contributed by atoms with Crippen LogP contribution in [0.15, 0.2) is 48.6 Å². The minimum absolute atomic E-state index is 0.254. The molecule has 1 amide bonds. The predicted molar refractivity (Wildman–Crippen MR) is 291 cm³/mol. The van der Waals surface area contributed by atoms with Crippen molar-refractivity contribution in [2.75, 3.05) is 19.8 Å². The first-order valence-corrected chi connectivity index (χ1v) is 29.4. The van der Waals surface area contributed by atoms with Crippen molar-refractivity contribution in [3.63, 3.8) is 0 Å². The molecule has 73 heavy (non-hydrogen) atoms. The van der Waals surface area contributed by atoms with E-state index in [0.717, 1.165) is 44.9 Å². The van der Waals surface area contributed by atoms with Gasteiger partial charge in [-0.1, -0.05) is 197 Å². The largest absolute Gasteiger partial charge is 0.394 e. The van der Waals surface area contributed by atoms with Crippen LogP contribution in [0.2, 0.25) is 0 Å². The Morgan fingerprint density at radius 1 is 0.479 bits per heavy atom. The average molecular weight is 1040 g/mol. The van der Waals surface area contributed by atoms with Crippen LogP contribution >= 0.6 is 0 Å². The number of carbonyl (C=O) groups excluding carboxylic acids is 1. The predicted octanol–water partition coefficient (Wildman–Crippen LogP) is 9.61. The van der Waals surface area contributed by atoms with E-state index in [1.54, 1.807) is 6.08 Å². The molecular weight excluding hydrogens is 931 g/mol. The van der Waals surface area contributed by atoms with Gasteiger partial charge in [0.25, 0.3) is 0 Å². The summed E-state index contributed by atoms with van der Waals surface area (Å²) >= 11 is 0. The number of carbonyl (C=O) groups is 1. The highest BCUT2D eigenvalue weighted by Crippen LogP contribution is 2.30. The lowest BCUT2D eigenvalue weighted by atomic mass is 9.97. The number of hydrogen-bond acceptors (Lipinski definition) is 13. The van der Waals surface area contributed by atoms with Crippen molar-refractivity contribution in [1.29, 1.82) is 0 Å². The average Bonchev–Trinajstić information content (AvgIpc) is 3.39. The molecule has 2 aliphatic heterocycles. The van der Waals surface area contributed by atoms with Crippen LogP contribution < -0.4 is 5.32 Å². The number of aliphatic hydroxyl groups excluding tert-OH is 8. The molecule has 2 fully saturated rings. The number of unbranched alkanes of at least 4 members (excludes halogenated alkanes) is 27. The summed E-state index contributed by atoms with van der Waals surface area (Å²) in [4.78, 5) is 13.2. The Labute approximate surface area is 442 Å². The summed E-state index contributed by atoms with van der Waals surface area (Å²) in [5.74, 6) is -0.254. The second kappa shape index (κ2) is 45.0. The van der Waals surface area contributed by atoms with Crippen molar-refractivity contribution in [1.82, 2.24) is 5.32 Å². The summed E-state index contributed by atoms with van der Waals surface area (Å²) in [6.45, 7) is 2.75. The van der Waals surface area contributed by atoms with E-state index in [-0.39, 0.29) is 18.9 Å². The Hall–Kier alpha value is -2.05. The molecule has 0 aromatic carbocycles. The van der Waals surface area contributed by atoms with Gasteiger partial charge in [0.2, 0.25) is 5.91 Å². The molecule has 12 atom stereocenters. The van der Waals surface area contributed by atoms with E-state index >= 15 is 0 Å². The fourth-order valence-electron chi connectivity index (χ4n) is 9.44. The zero-order valence-electron chi connectivity index (χ0n) is 45.6. The lowest BCUT2D eigenvalue weighted by molar-refractivity contribution is -0.359. The molecule has 12 unspecified atom stereocenters. The number of rotatable bonds is 46. The second-order valence-electron chi connectivity index (χ2n) is 20.7. The van der Waals surface area contributed by atoms with E-state index in [9.17, 15) is 45.6 Å². The topological polar surface area (TPSA) is 228 Å². The first kappa shape index (κ1) is 67.1. The molecule has 9 N–H and O–H groups in total. The van der Waals surface area contributed by atoms with Crippen LogP contribution in [-0.2, 0) is 23.7 Å². The molecular formula is C59H107NO13. The molecule has 2 aliphatic rings. The van der Waals surface area contributed by atoms with E-state index in [0.29, 0.717) is 12.8 Å². The zero-order chi connectivity index (χ0) is 53.2. The minimum atomic E-state index is -1.79. The molecule has 0 aromatic heterocycles. The number of allylic oxidation sites excluding steroid dienone is 7. The number of aliphatic hydroxyl groups is 8. The molecule has 0 saturated carbocycles. The summed E-state index contributed by atoms with van der Waals surface area (Å²) < 4.78 is 22.7.